The van der Waals surface area contributed by atoms with E-state index < -0.39 is 4.92 Å². The highest BCUT2D eigenvalue weighted by atomic mass is 16.6. The van der Waals surface area contributed by atoms with E-state index in [9.17, 15) is 10.1 Å². The molecule has 0 amide bonds. The van der Waals surface area contributed by atoms with Crippen molar-refractivity contribution in [3.8, 4) is 5.69 Å². The Hall–Kier alpha value is -3.13. The molecule has 2 aromatic rings. The van der Waals surface area contributed by atoms with Crippen molar-refractivity contribution < 1.29 is 4.92 Å². The first-order valence-corrected chi connectivity index (χ1v) is 6.44. The molecular formula is C14H16N6O2. The van der Waals surface area contributed by atoms with Gasteiger partial charge in [0.05, 0.1) is 11.5 Å². The maximum absolute atomic E-state index is 11.1. The van der Waals surface area contributed by atoms with Crippen molar-refractivity contribution in [2.45, 2.75) is 0 Å². The van der Waals surface area contributed by atoms with Crippen molar-refractivity contribution in [2.75, 3.05) is 6.54 Å². The fraction of sp³-hybridized carbons (Fsp3) is 0.0714. The molecule has 8 heteroatoms. The highest BCUT2D eigenvalue weighted by Gasteiger charge is 2.14. The van der Waals surface area contributed by atoms with Gasteiger partial charge in [0.1, 0.15) is 5.69 Å². The van der Waals surface area contributed by atoms with E-state index in [1.54, 1.807) is 47.2 Å². The lowest BCUT2D eigenvalue weighted by atomic mass is 10.2. The van der Waals surface area contributed by atoms with Crippen molar-refractivity contribution in [2.24, 2.45) is 11.6 Å². The van der Waals surface area contributed by atoms with E-state index in [2.05, 4.69) is 0 Å². The SMILES string of the molecule is N=C(N)N(N)CC=Cc1cccn1-c1ccccc1[N+](=O)[O-]. The van der Waals surface area contributed by atoms with Crippen molar-refractivity contribution in [1.82, 2.24) is 9.58 Å². The summed E-state index contributed by atoms with van der Waals surface area (Å²) >= 11 is 0. The van der Waals surface area contributed by atoms with Crippen LogP contribution in [0.5, 0.6) is 0 Å². The normalized spacial score (nSPS) is 10.8. The van der Waals surface area contributed by atoms with Gasteiger partial charge in [0.15, 0.2) is 0 Å². The maximum atomic E-state index is 11.1. The lowest BCUT2D eigenvalue weighted by Gasteiger charge is -2.12. The van der Waals surface area contributed by atoms with Gasteiger partial charge in [-0.3, -0.25) is 20.5 Å². The number of benzene rings is 1. The van der Waals surface area contributed by atoms with Crippen LogP contribution in [-0.2, 0) is 0 Å². The molecule has 0 aliphatic carbocycles. The molecule has 0 saturated heterocycles. The summed E-state index contributed by atoms with van der Waals surface area (Å²) in [6.45, 7) is 0.261. The molecule has 2 rings (SSSR count). The van der Waals surface area contributed by atoms with E-state index in [4.69, 9.17) is 17.0 Å². The minimum Gasteiger partial charge on any atom is -0.369 e. The maximum Gasteiger partial charge on any atom is 0.293 e. The van der Waals surface area contributed by atoms with Gasteiger partial charge in [0, 0.05) is 18.0 Å². The molecule has 5 N–H and O–H groups in total. The molecule has 22 heavy (non-hydrogen) atoms. The fourth-order valence-electron chi connectivity index (χ4n) is 1.96. The molecular weight excluding hydrogens is 284 g/mol. The van der Waals surface area contributed by atoms with Crippen LogP contribution in [0.25, 0.3) is 11.8 Å². The molecule has 0 radical (unpaired) electrons. The lowest BCUT2D eigenvalue weighted by Crippen LogP contribution is -2.41. The zero-order valence-electron chi connectivity index (χ0n) is 11.7. The Bertz CT molecular complexity index is 722. The van der Waals surface area contributed by atoms with Crippen molar-refractivity contribution in [3.05, 3.63) is 64.5 Å². The number of nitro groups is 1. The topological polar surface area (TPSA) is 127 Å². The number of nitrogens with zero attached hydrogens (tertiary/aromatic N) is 3. The minimum atomic E-state index is -0.416. The summed E-state index contributed by atoms with van der Waals surface area (Å²) in [5.74, 6) is 5.27. The Kier molecular flexibility index (Phi) is 4.54. The first kappa shape index (κ1) is 15.3. The number of guanidine groups is 1. The highest BCUT2D eigenvalue weighted by Crippen LogP contribution is 2.24. The van der Waals surface area contributed by atoms with Crippen LogP contribution in [-0.4, -0.2) is 27.0 Å². The van der Waals surface area contributed by atoms with E-state index in [0.717, 1.165) is 10.7 Å². The zero-order valence-corrected chi connectivity index (χ0v) is 11.7. The second kappa shape index (κ2) is 6.55. The van der Waals surface area contributed by atoms with Gasteiger partial charge in [-0.25, -0.2) is 5.84 Å². The van der Waals surface area contributed by atoms with Gasteiger partial charge in [-0.2, -0.15) is 0 Å². The molecule has 0 saturated carbocycles. The molecule has 0 spiro atoms. The average Bonchev–Trinajstić information content (AvgIpc) is 2.95. The van der Waals surface area contributed by atoms with E-state index in [1.807, 2.05) is 6.07 Å². The summed E-state index contributed by atoms with van der Waals surface area (Å²) < 4.78 is 1.71. The van der Waals surface area contributed by atoms with Crippen LogP contribution in [0.3, 0.4) is 0 Å². The number of rotatable bonds is 5. The van der Waals surface area contributed by atoms with Crippen molar-refractivity contribution in [3.63, 3.8) is 0 Å². The van der Waals surface area contributed by atoms with Crippen LogP contribution in [0.1, 0.15) is 5.69 Å². The molecule has 114 valence electrons. The molecule has 0 bridgehead atoms. The summed E-state index contributed by atoms with van der Waals surface area (Å²) in [5.41, 5.74) is 6.50. The van der Waals surface area contributed by atoms with Gasteiger partial charge < -0.3 is 10.3 Å². The largest absolute Gasteiger partial charge is 0.369 e. The predicted molar refractivity (Wildman–Crippen MR) is 84.3 cm³/mol. The van der Waals surface area contributed by atoms with Gasteiger partial charge in [-0.05, 0) is 24.3 Å². The highest BCUT2D eigenvalue weighted by molar-refractivity contribution is 5.74. The van der Waals surface area contributed by atoms with E-state index in [1.165, 1.54) is 6.07 Å². The zero-order chi connectivity index (χ0) is 16.1. The number of hydrogen-bond acceptors (Lipinski definition) is 4. The Labute approximate surface area is 126 Å². The molecule has 1 aromatic carbocycles. The van der Waals surface area contributed by atoms with Crippen LogP contribution < -0.4 is 11.6 Å². The molecule has 8 nitrogen and oxygen atoms in total. The summed E-state index contributed by atoms with van der Waals surface area (Å²) in [6.07, 6.45) is 5.23. The van der Waals surface area contributed by atoms with Gasteiger partial charge in [-0.15, -0.1) is 0 Å². The molecule has 0 aliphatic rings. The van der Waals surface area contributed by atoms with Crippen LogP contribution in [0.2, 0.25) is 0 Å². The van der Waals surface area contributed by atoms with E-state index in [0.29, 0.717) is 5.69 Å². The van der Waals surface area contributed by atoms with Crippen molar-refractivity contribution in [1.29, 1.82) is 5.41 Å². The summed E-state index contributed by atoms with van der Waals surface area (Å²) in [6, 6.07) is 10.1. The standard InChI is InChI=1S/C14H16N6O2/c15-14(16)19(17)10-4-6-11-5-3-9-18(11)12-7-1-2-8-13(12)20(21)22/h1-9H,10,17H2,(H3,15,16). The first-order valence-electron chi connectivity index (χ1n) is 6.44. The fourth-order valence-corrected chi connectivity index (χ4v) is 1.96. The number of nitro benzene ring substituents is 1. The monoisotopic (exact) mass is 300 g/mol. The van der Waals surface area contributed by atoms with Crippen LogP contribution in [0.4, 0.5) is 5.69 Å². The van der Waals surface area contributed by atoms with E-state index >= 15 is 0 Å². The molecule has 0 fully saturated rings. The Balaban J connectivity index is 2.29. The third kappa shape index (κ3) is 3.30. The number of hydrogen-bond donors (Lipinski definition) is 3. The van der Waals surface area contributed by atoms with Gasteiger partial charge in [-0.1, -0.05) is 18.2 Å². The summed E-state index contributed by atoms with van der Waals surface area (Å²) in [7, 11) is 0. The number of nitrogens with one attached hydrogen (secondary N) is 1. The first-order chi connectivity index (χ1) is 10.5. The van der Waals surface area contributed by atoms with Crippen molar-refractivity contribution >= 4 is 17.7 Å². The van der Waals surface area contributed by atoms with Gasteiger partial charge in [0.25, 0.3) is 5.69 Å². The van der Waals surface area contributed by atoms with Crippen LogP contribution >= 0.6 is 0 Å². The molecule has 1 aromatic heterocycles. The second-order valence-electron chi connectivity index (χ2n) is 4.49. The molecule has 0 unspecified atom stereocenters. The quantitative estimate of drug-likeness (QED) is 0.253. The van der Waals surface area contributed by atoms with Gasteiger partial charge in [0.2, 0.25) is 5.96 Å². The smallest absolute Gasteiger partial charge is 0.293 e. The number of para-hydroxylation sites is 2. The third-order valence-corrected chi connectivity index (χ3v) is 3.02. The summed E-state index contributed by atoms with van der Waals surface area (Å²) in [4.78, 5) is 10.7. The van der Waals surface area contributed by atoms with E-state index in [-0.39, 0.29) is 18.2 Å². The molecule has 0 aliphatic heterocycles. The Morgan fingerprint density at radius 3 is 2.77 bits per heavy atom. The molecule has 1 heterocycles. The second-order valence-corrected chi connectivity index (χ2v) is 4.49. The third-order valence-electron chi connectivity index (χ3n) is 3.02. The van der Waals surface area contributed by atoms with Crippen LogP contribution in [0, 0.1) is 15.5 Å². The average molecular weight is 300 g/mol. The van der Waals surface area contributed by atoms with Gasteiger partial charge >= 0.3 is 0 Å². The Morgan fingerprint density at radius 1 is 1.36 bits per heavy atom. The number of hydrazine groups is 1. The predicted octanol–water partition coefficient (Wildman–Crippen LogP) is 1.47. The molecule has 0 atom stereocenters. The summed E-state index contributed by atoms with van der Waals surface area (Å²) in [5, 5.41) is 19.4. The number of nitrogens with two attached hydrogens (primary N) is 2. The minimum absolute atomic E-state index is 0.0255. The Morgan fingerprint density at radius 2 is 2.09 bits per heavy atom. The number of aromatic nitrogens is 1. The lowest BCUT2D eigenvalue weighted by molar-refractivity contribution is -0.384. The van der Waals surface area contributed by atoms with Crippen LogP contribution in [0.15, 0.2) is 48.7 Å².